The summed E-state index contributed by atoms with van der Waals surface area (Å²) in [6.45, 7) is 4.85. The quantitative estimate of drug-likeness (QED) is 0.783. The normalized spacial score (nSPS) is 16.4. The van der Waals surface area contributed by atoms with Crippen molar-refractivity contribution in [3.05, 3.63) is 0 Å². The number of hydrogen-bond acceptors (Lipinski definition) is 3. The van der Waals surface area contributed by atoms with Crippen molar-refractivity contribution in [2.24, 2.45) is 11.8 Å². The summed E-state index contributed by atoms with van der Waals surface area (Å²) in [5.74, 6) is 2.15. The number of nitrogens with zero attached hydrogens (tertiary/aromatic N) is 1. The molecule has 0 radical (unpaired) electrons. The molecule has 6 heteroatoms. The highest BCUT2D eigenvalue weighted by molar-refractivity contribution is 7.99. The SMILES string of the molecule is CC(C)CN(CC(=O)O)C(=O)NCC1CCSCC1. The maximum atomic E-state index is 12.0. The van der Waals surface area contributed by atoms with Gasteiger partial charge in [0.1, 0.15) is 6.54 Å². The van der Waals surface area contributed by atoms with E-state index in [0.29, 0.717) is 19.0 Å². The predicted molar refractivity (Wildman–Crippen MR) is 77.5 cm³/mol. The molecule has 1 heterocycles. The van der Waals surface area contributed by atoms with Gasteiger partial charge in [0.05, 0.1) is 0 Å². The van der Waals surface area contributed by atoms with Crippen molar-refractivity contribution in [2.75, 3.05) is 31.1 Å². The van der Waals surface area contributed by atoms with Crippen molar-refractivity contribution in [2.45, 2.75) is 26.7 Å². The van der Waals surface area contributed by atoms with E-state index >= 15 is 0 Å². The van der Waals surface area contributed by atoms with E-state index in [1.54, 1.807) is 0 Å². The summed E-state index contributed by atoms with van der Waals surface area (Å²) in [7, 11) is 0. The molecule has 0 bridgehead atoms. The molecule has 19 heavy (non-hydrogen) atoms. The smallest absolute Gasteiger partial charge is 0.323 e. The van der Waals surface area contributed by atoms with Gasteiger partial charge in [0.25, 0.3) is 0 Å². The molecule has 0 aromatic carbocycles. The van der Waals surface area contributed by atoms with Crippen LogP contribution in [0, 0.1) is 11.8 Å². The van der Waals surface area contributed by atoms with Gasteiger partial charge in [0, 0.05) is 13.1 Å². The summed E-state index contributed by atoms with van der Waals surface area (Å²) in [6, 6.07) is -0.255. The molecule has 2 N–H and O–H groups in total. The van der Waals surface area contributed by atoms with Crippen molar-refractivity contribution >= 4 is 23.8 Å². The van der Waals surface area contributed by atoms with E-state index in [-0.39, 0.29) is 18.5 Å². The number of amides is 2. The van der Waals surface area contributed by atoms with Crippen LogP contribution in [0.2, 0.25) is 0 Å². The van der Waals surface area contributed by atoms with Crippen molar-refractivity contribution in [3.63, 3.8) is 0 Å². The minimum absolute atomic E-state index is 0.232. The molecule has 1 fully saturated rings. The summed E-state index contributed by atoms with van der Waals surface area (Å²) in [6.07, 6.45) is 2.27. The van der Waals surface area contributed by atoms with Crippen LogP contribution in [-0.2, 0) is 4.79 Å². The average molecular weight is 288 g/mol. The van der Waals surface area contributed by atoms with Crippen molar-refractivity contribution in [1.29, 1.82) is 0 Å². The van der Waals surface area contributed by atoms with E-state index < -0.39 is 5.97 Å². The molecule has 1 aliphatic heterocycles. The monoisotopic (exact) mass is 288 g/mol. The second kappa shape index (κ2) is 8.30. The largest absolute Gasteiger partial charge is 0.480 e. The lowest BCUT2D eigenvalue weighted by Gasteiger charge is -2.26. The van der Waals surface area contributed by atoms with Gasteiger partial charge in [-0.1, -0.05) is 13.8 Å². The molecule has 5 nitrogen and oxygen atoms in total. The highest BCUT2D eigenvalue weighted by Crippen LogP contribution is 2.21. The van der Waals surface area contributed by atoms with Gasteiger partial charge in [-0.2, -0.15) is 11.8 Å². The number of thioether (sulfide) groups is 1. The highest BCUT2D eigenvalue weighted by Gasteiger charge is 2.20. The van der Waals surface area contributed by atoms with Crippen LogP contribution < -0.4 is 5.32 Å². The number of hydrogen-bond donors (Lipinski definition) is 2. The van der Waals surface area contributed by atoms with E-state index in [9.17, 15) is 9.59 Å². The van der Waals surface area contributed by atoms with Crippen LogP contribution >= 0.6 is 11.8 Å². The molecule has 0 aromatic heterocycles. The molecule has 1 saturated heterocycles. The Labute approximate surface area is 119 Å². The van der Waals surface area contributed by atoms with Crippen LogP contribution in [0.15, 0.2) is 0 Å². The number of carbonyl (C=O) groups is 2. The number of rotatable bonds is 6. The molecule has 0 saturated carbocycles. The van der Waals surface area contributed by atoms with E-state index in [1.807, 2.05) is 25.6 Å². The molecule has 0 spiro atoms. The summed E-state index contributed by atoms with van der Waals surface area (Å²) < 4.78 is 0. The number of aliphatic carboxylic acids is 1. The van der Waals surface area contributed by atoms with Crippen LogP contribution in [0.1, 0.15) is 26.7 Å². The van der Waals surface area contributed by atoms with Crippen molar-refractivity contribution in [1.82, 2.24) is 10.2 Å². The van der Waals surface area contributed by atoms with Gasteiger partial charge >= 0.3 is 12.0 Å². The van der Waals surface area contributed by atoms with Crippen LogP contribution in [0.4, 0.5) is 4.79 Å². The first-order valence-corrected chi connectivity index (χ1v) is 7.96. The van der Waals surface area contributed by atoms with Gasteiger partial charge in [-0.05, 0) is 36.2 Å². The van der Waals surface area contributed by atoms with Gasteiger partial charge in [-0.25, -0.2) is 4.79 Å². The fourth-order valence-electron chi connectivity index (χ4n) is 2.12. The fraction of sp³-hybridized carbons (Fsp3) is 0.846. The fourth-order valence-corrected chi connectivity index (χ4v) is 3.32. The van der Waals surface area contributed by atoms with Gasteiger partial charge < -0.3 is 15.3 Å². The number of carboxylic acids is 1. The standard InChI is InChI=1S/C13H24N2O3S/c1-10(2)8-15(9-12(16)17)13(18)14-7-11-3-5-19-6-4-11/h10-11H,3-9H2,1-2H3,(H,14,18)(H,16,17). The number of nitrogens with one attached hydrogen (secondary N) is 1. The lowest BCUT2D eigenvalue weighted by Crippen LogP contribution is -2.46. The zero-order valence-corrected chi connectivity index (χ0v) is 12.5. The van der Waals surface area contributed by atoms with Crippen LogP contribution in [-0.4, -0.2) is 53.1 Å². The summed E-state index contributed by atoms with van der Waals surface area (Å²) >= 11 is 1.96. The third-order valence-electron chi connectivity index (χ3n) is 3.08. The summed E-state index contributed by atoms with van der Waals surface area (Å²) in [4.78, 5) is 24.2. The van der Waals surface area contributed by atoms with Crippen LogP contribution in [0.25, 0.3) is 0 Å². The molecular formula is C13H24N2O3S. The highest BCUT2D eigenvalue weighted by atomic mass is 32.2. The lowest BCUT2D eigenvalue weighted by atomic mass is 10.0. The third kappa shape index (κ3) is 6.71. The number of carbonyl (C=O) groups excluding carboxylic acids is 1. The molecule has 110 valence electrons. The molecule has 1 rings (SSSR count). The number of urea groups is 1. The van der Waals surface area contributed by atoms with Crippen molar-refractivity contribution < 1.29 is 14.7 Å². The maximum absolute atomic E-state index is 12.0. The molecule has 1 aliphatic rings. The first-order valence-electron chi connectivity index (χ1n) is 6.81. The minimum Gasteiger partial charge on any atom is -0.480 e. The molecule has 0 atom stereocenters. The van der Waals surface area contributed by atoms with Crippen molar-refractivity contribution in [3.8, 4) is 0 Å². The molecule has 0 aliphatic carbocycles. The summed E-state index contributed by atoms with van der Waals surface area (Å²) in [5.41, 5.74) is 0. The van der Waals surface area contributed by atoms with Crippen LogP contribution in [0.5, 0.6) is 0 Å². The minimum atomic E-state index is -0.968. The Balaban J connectivity index is 2.39. The van der Waals surface area contributed by atoms with Gasteiger partial charge in [-0.15, -0.1) is 0 Å². The Morgan fingerprint density at radius 1 is 1.37 bits per heavy atom. The van der Waals surface area contributed by atoms with Gasteiger partial charge in [-0.3, -0.25) is 4.79 Å². The first-order chi connectivity index (χ1) is 8.99. The van der Waals surface area contributed by atoms with Gasteiger partial charge in [0.2, 0.25) is 0 Å². The third-order valence-corrected chi connectivity index (χ3v) is 4.13. The van der Waals surface area contributed by atoms with E-state index in [1.165, 1.54) is 4.90 Å². The lowest BCUT2D eigenvalue weighted by molar-refractivity contribution is -0.137. The Kier molecular flexibility index (Phi) is 7.05. The Morgan fingerprint density at radius 3 is 2.53 bits per heavy atom. The van der Waals surface area contributed by atoms with E-state index in [4.69, 9.17) is 5.11 Å². The maximum Gasteiger partial charge on any atom is 0.323 e. The zero-order valence-electron chi connectivity index (χ0n) is 11.7. The van der Waals surface area contributed by atoms with Crippen LogP contribution in [0.3, 0.4) is 0 Å². The Morgan fingerprint density at radius 2 is 2.00 bits per heavy atom. The number of carboxylic acid groups (broad SMARTS) is 1. The van der Waals surface area contributed by atoms with E-state index in [0.717, 1.165) is 24.3 Å². The first kappa shape index (κ1) is 16.1. The second-order valence-electron chi connectivity index (χ2n) is 5.41. The Hall–Kier alpha value is -0.910. The van der Waals surface area contributed by atoms with E-state index in [2.05, 4.69) is 5.32 Å². The zero-order chi connectivity index (χ0) is 14.3. The Bertz CT molecular complexity index is 304. The topological polar surface area (TPSA) is 69.6 Å². The molecular weight excluding hydrogens is 264 g/mol. The second-order valence-corrected chi connectivity index (χ2v) is 6.63. The molecule has 0 unspecified atom stereocenters. The van der Waals surface area contributed by atoms with Gasteiger partial charge in [0.15, 0.2) is 0 Å². The molecule has 2 amide bonds. The predicted octanol–water partition coefficient (Wildman–Crippen LogP) is 1.88. The molecule has 0 aromatic rings. The summed E-state index contributed by atoms with van der Waals surface area (Å²) in [5, 5.41) is 11.7. The average Bonchev–Trinajstić information content (AvgIpc) is 2.35.